The number of aromatic amines is 1. The van der Waals surface area contributed by atoms with Crippen molar-refractivity contribution < 1.29 is 9.90 Å². The summed E-state index contributed by atoms with van der Waals surface area (Å²) in [5.41, 5.74) is 2.46. The van der Waals surface area contributed by atoms with Crippen molar-refractivity contribution in [2.75, 3.05) is 29.9 Å². The second kappa shape index (κ2) is 8.48. The Hall–Kier alpha value is -3.13. The predicted molar refractivity (Wildman–Crippen MR) is 113 cm³/mol. The number of aliphatic hydroxyl groups is 1. The van der Waals surface area contributed by atoms with Crippen molar-refractivity contribution in [1.82, 2.24) is 20.3 Å². The molecule has 0 spiro atoms. The fraction of sp³-hybridized carbons (Fsp3) is 0.381. The highest BCUT2D eigenvalue weighted by Gasteiger charge is 2.23. The lowest BCUT2D eigenvalue weighted by Crippen LogP contribution is -2.49. The quantitative estimate of drug-likeness (QED) is 0.511. The van der Waals surface area contributed by atoms with Crippen molar-refractivity contribution in [3.05, 3.63) is 48.4 Å². The standard InChI is InChI=1S/C21H26N6O2/c1-14(28)15-4-2-5-16(10-15)23-11-19(29)26-17-6-3-9-27(12-17)21-18-7-8-22-20(18)24-13-25-21/h2,4-5,7-8,10,13-14,17,23,28H,3,6,9,11-12H2,1H3,(H,26,29)(H,22,24,25)/t14?,17-/m1/s1. The van der Waals surface area contributed by atoms with E-state index in [0.717, 1.165) is 54.0 Å². The van der Waals surface area contributed by atoms with E-state index in [1.54, 1.807) is 13.3 Å². The van der Waals surface area contributed by atoms with Crippen LogP contribution in [-0.4, -0.2) is 51.6 Å². The maximum atomic E-state index is 12.4. The molecule has 2 aromatic heterocycles. The molecule has 1 fully saturated rings. The van der Waals surface area contributed by atoms with Gasteiger partial charge in [-0.3, -0.25) is 4.79 Å². The summed E-state index contributed by atoms with van der Waals surface area (Å²) in [6.07, 6.45) is 4.84. The number of aromatic nitrogens is 3. The van der Waals surface area contributed by atoms with E-state index in [2.05, 4.69) is 30.5 Å². The Kier molecular flexibility index (Phi) is 5.62. The van der Waals surface area contributed by atoms with Gasteiger partial charge in [0.05, 0.1) is 18.0 Å². The molecule has 3 heterocycles. The molecule has 1 unspecified atom stereocenters. The lowest BCUT2D eigenvalue weighted by Gasteiger charge is -2.34. The maximum absolute atomic E-state index is 12.4. The second-order valence-electron chi connectivity index (χ2n) is 7.44. The SMILES string of the molecule is CC(O)c1cccc(NCC(=O)N[C@@H]2CCCN(c3ncnc4[nH]ccc34)C2)c1. The van der Waals surface area contributed by atoms with Crippen LogP contribution in [0, 0.1) is 0 Å². The minimum absolute atomic E-state index is 0.0474. The summed E-state index contributed by atoms with van der Waals surface area (Å²) in [6, 6.07) is 9.53. The van der Waals surface area contributed by atoms with Crippen LogP contribution in [0.15, 0.2) is 42.9 Å². The van der Waals surface area contributed by atoms with E-state index in [1.165, 1.54) is 0 Å². The molecule has 1 amide bonds. The van der Waals surface area contributed by atoms with Crippen LogP contribution < -0.4 is 15.5 Å². The molecule has 0 radical (unpaired) electrons. The van der Waals surface area contributed by atoms with Crippen molar-refractivity contribution in [2.24, 2.45) is 0 Å². The molecule has 1 aliphatic heterocycles. The highest BCUT2D eigenvalue weighted by molar-refractivity contribution is 5.87. The smallest absolute Gasteiger partial charge is 0.239 e. The first-order chi connectivity index (χ1) is 14.1. The van der Waals surface area contributed by atoms with Crippen LogP contribution >= 0.6 is 0 Å². The minimum Gasteiger partial charge on any atom is -0.389 e. The summed E-state index contributed by atoms with van der Waals surface area (Å²) in [7, 11) is 0. The molecular formula is C21H26N6O2. The Morgan fingerprint density at radius 1 is 1.38 bits per heavy atom. The average molecular weight is 394 g/mol. The third-order valence-electron chi connectivity index (χ3n) is 5.24. The molecule has 4 rings (SSSR count). The molecule has 8 heteroatoms. The van der Waals surface area contributed by atoms with E-state index in [1.807, 2.05) is 36.5 Å². The van der Waals surface area contributed by atoms with Gasteiger partial charge in [0.15, 0.2) is 0 Å². The summed E-state index contributed by atoms with van der Waals surface area (Å²) in [5.74, 6) is 0.858. The molecule has 2 atom stereocenters. The Balaban J connectivity index is 1.34. The summed E-state index contributed by atoms with van der Waals surface area (Å²) in [4.78, 5) is 26.5. The molecule has 3 aromatic rings. The van der Waals surface area contributed by atoms with Gasteiger partial charge in [0.1, 0.15) is 17.8 Å². The third-order valence-corrected chi connectivity index (χ3v) is 5.24. The molecule has 4 N–H and O–H groups in total. The van der Waals surface area contributed by atoms with E-state index in [0.29, 0.717) is 0 Å². The van der Waals surface area contributed by atoms with E-state index in [9.17, 15) is 9.90 Å². The van der Waals surface area contributed by atoms with Crippen LogP contribution in [0.1, 0.15) is 31.4 Å². The zero-order valence-electron chi connectivity index (χ0n) is 16.4. The number of nitrogens with zero attached hydrogens (tertiary/aromatic N) is 3. The van der Waals surface area contributed by atoms with Crippen molar-refractivity contribution in [1.29, 1.82) is 0 Å². The highest BCUT2D eigenvalue weighted by atomic mass is 16.3. The number of hydrogen-bond acceptors (Lipinski definition) is 6. The number of aliphatic hydroxyl groups excluding tert-OH is 1. The van der Waals surface area contributed by atoms with Gasteiger partial charge in [0.2, 0.25) is 5.91 Å². The van der Waals surface area contributed by atoms with E-state index < -0.39 is 6.10 Å². The number of hydrogen-bond donors (Lipinski definition) is 4. The lowest BCUT2D eigenvalue weighted by atomic mass is 10.1. The molecule has 152 valence electrons. The summed E-state index contributed by atoms with van der Waals surface area (Å²) < 4.78 is 0. The monoisotopic (exact) mass is 394 g/mol. The van der Waals surface area contributed by atoms with E-state index in [4.69, 9.17) is 0 Å². The average Bonchev–Trinajstić information content (AvgIpc) is 3.21. The summed E-state index contributed by atoms with van der Waals surface area (Å²) in [5, 5.41) is 16.9. The zero-order chi connectivity index (χ0) is 20.2. The van der Waals surface area contributed by atoms with Gasteiger partial charge in [0, 0.05) is 31.0 Å². The van der Waals surface area contributed by atoms with Crippen molar-refractivity contribution in [3.63, 3.8) is 0 Å². The molecule has 0 saturated carbocycles. The number of benzene rings is 1. The molecule has 0 bridgehead atoms. The van der Waals surface area contributed by atoms with Gasteiger partial charge in [-0.2, -0.15) is 0 Å². The Morgan fingerprint density at radius 2 is 2.28 bits per heavy atom. The van der Waals surface area contributed by atoms with E-state index in [-0.39, 0.29) is 18.5 Å². The number of H-pyrrole nitrogens is 1. The lowest BCUT2D eigenvalue weighted by molar-refractivity contribution is -0.120. The Morgan fingerprint density at radius 3 is 3.14 bits per heavy atom. The number of fused-ring (bicyclic) bond motifs is 1. The number of nitrogens with one attached hydrogen (secondary N) is 3. The fourth-order valence-electron chi connectivity index (χ4n) is 3.77. The van der Waals surface area contributed by atoms with Crippen LogP contribution in [0.25, 0.3) is 11.0 Å². The van der Waals surface area contributed by atoms with Crippen molar-refractivity contribution in [2.45, 2.75) is 31.9 Å². The Labute approximate surface area is 169 Å². The topological polar surface area (TPSA) is 106 Å². The van der Waals surface area contributed by atoms with Gasteiger partial charge in [-0.1, -0.05) is 12.1 Å². The third kappa shape index (κ3) is 4.48. The number of amides is 1. The van der Waals surface area contributed by atoms with Gasteiger partial charge in [-0.25, -0.2) is 9.97 Å². The molecule has 0 aliphatic carbocycles. The molecule has 1 saturated heterocycles. The molecule has 1 aromatic carbocycles. The molecule has 29 heavy (non-hydrogen) atoms. The van der Waals surface area contributed by atoms with Crippen LogP contribution in [-0.2, 0) is 4.79 Å². The first-order valence-electron chi connectivity index (χ1n) is 9.94. The van der Waals surface area contributed by atoms with Crippen molar-refractivity contribution >= 4 is 28.4 Å². The minimum atomic E-state index is -0.535. The van der Waals surface area contributed by atoms with Crippen molar-refractivity contribution in [3.8, 4) is 0 Å². The number of carbonyl (C=O) groups excluding carboxylic acids is 1. The highest BCUT2D eigenvalue weighted by Crippen LogP contribution is 2.25. The molecular weight excluding hydrogens is 368 g/mol. The van der Waals surface area contributed by atoms with Gasteiger partial charge in [0.25, 0.3) is 0 Å². The predicted octanol–water partition coefficient (Wildman–Crippen LogP) is 2.21. The van der Waals surface area contributed by atoms with Gasteiger partial charge in [-0.15, -0.1) is 0 Å². The summed E-state index contributed by atoms with van der Waals surface area (Å²) >= 11 is 0. The van der Waals surface area contributed by atoms with Gasteiger partial charge in [-0.05, 0) is 43.5 Å². The first-order valence-corrected chi connectivity index (χ1v) is 9.94. The zero-order valence-corrected chi connectivity index (χ0v) is 16.4. The maximum Gasteiger partial charge on any atom is 0.239 e. The molecule has 1 aliphatic rings. The number of piperidine rings is 1. The van der Waals surface area contributed by atoms with Gasteiger partial charge >= 0.3 is 0 Å². The fourth-order valence-corrected chi connectivity index (χ4v) is 3.77. The largest absolute Gasteiger partial charge is 0.389 e. The van der Waals surface area contributed by atoms with Gasteiger partial charge < -0.3 is 25.6 Å². The molecule has 8 nitrogen and oxygen atoms in total. The number of rotatable bonds is 6. The summed E-state index contributed by atoms with van der Waals surface area (Å²) in [6.45, 7) is 3.55. The number of anilines is 2. The first kappa shape index (κ1) is 19.2. The van der Waals surface area contributed by atoms with Crippen LogP contribution in [0.4, 0.5) is 11.5 Å². The Bertz CT molecular complexity index is 986. The number of carbonyl (C=O) groups is 1. The van der Waals surface area contributed by atoms with Crippen LogP contribution in [0.2, 0.25) is 0 Å². The second-order valence-corrected chi connectivity index (χ2v) is 7.44. The normalized spacial score (nSPS) is 17.9. The van der Waals surface area contributed by atoms with E-state index >= 15 is 0 Å². The van der Waals surface area contributed by atoms with Crippen LogP contribution in [0.3, 0.4) is 0 Å². The van der Waals surface area contributed by atoms with Crippen LogP contribution in [0.5, 0.6) is 0 Å².